The van der Waals surface area contributed by atoms with Gasteiger partial charge in [-0.05, 0) is 31.1 Å². The lowest BCUT2D eigenvalue weighted by Crippen LogP contribution is -2.47. The molecule has 0 radical (unpaired) electrons. The standard InChI is InChI=1S/C15H28O4Si/c1-11-8-9-13(19-12(2)16)14(18-11)10-17-20(6,7)15(3,4)5/h8-9,11,13-14H,10H2,1-7H3/t11-,13-,14+/m0/s1. The molecule has 0 aromatic heterocycles. The van der Waals surface area contributed by atoms with E-state index in [4.69, 9.17) is 13.9 Å². The summed E-state index contributed by atoms with van der Waals surface area (Å²) in [5.74, 6) is -0.296. The Labute approximate surface area is 123 Å². The Morgan fingerprint density at radius 3 is 2.40 bits per heavy atom. The highest BCUT2D eigenvalue weighted by atomic mass is 28.4. The Kier molecular flexibility index (Phi) is 5.58. The molecule has 0 N–H and O–H groups in total. The zero-order chi connectivity index (χ0) is 15.6. The van der Waals surface area contributed by atoms with Gasteiger partial charge in [-0.2, -0.15) is 0 Å². The summed E-state index contributed by atoms with van der Waals surface area (Å²) >= 11 is 0. The highest BCUT2D eigenvalue weighted by molar-refractivity contribution is 6.74. The van der Waals surface area contributed by atoms with Crippen LogP contribution in [0.4, 0.5) is 0 Å². The Morgan fingerprint density at radius 1 is 1.30 bits per heavy atom. The maximum absolute atomic E-state index is 11.2. The van der Waals surface area contributed by atoms with Crippen LogP contribution >= 0.6 is 0 Å². The molecule has 0 unspecified atom stereocenters. The summed E-state index contributed by atoms with van der Waals surface area (Å²) in [5.41, 5.74) is 0. The van der Waals surface area contributed by atoms with Gasteiger partial charge in [0.1, 0.15) is 12.2 Å². The van der Waals surface area contributed by atoms with Gasteiger partial charge in [0.05, 0.1) is 12.7 Å². The smallest absolute Gasteiger partial charge is 0.303 e. The molecule has 0 aliphatic carbocycles. The Bertz CT molecular complexity index is 371. The van der Waals surface area contributed by atoms with Crippen LogP contribution in [0.25, 0.3) is 0 Å². The molecule has 0 bridgehead atoms. The molecule has 116 valence electrons. The van der Waals surface area contributed by atoms with Crippen molar-refractivity contribution in [2.75, 3.05) is 6.61 Å². The number of hydrogen-bond acceptors (Lipinski definition) is 4. The molecule has 0 saturated heterocycles. The second-order valence-corrected chi connectivity index (χ2v) is 11.7. The molecule has 0 fully saturated rings. The second-order valence-electron chi connectivity index (χ2n) is 6.91. The van der Waals surface area contributed by atoms with Crippen LogP contribution in [0.5, 0.6) is 0 Å². The summed E-state index contributed by atoms with van der Waals surface area (Å²) in [4.78, 5) is 11.2. The van der Waals surface area contributed by atoms with E-state index >= 15 is 0 Å². The van der Waals surface area contributed by atoms with Crippen molar-refractivity contribution in [2.24, 2.45) is 0 Å². The van der Waals surface area contributed by atoms with Gasteiger partial charge < -0.3 is 13.9 Å². The topological polar surface area (TPSA) is 44.8 Å². The molecule has 4 nitrogen and oxygen atoms in total. The number of rotatable bonds is 4. The number of hydrogen-bond donors (Lipinski definition) is 0. The van der Waals surface area contributed by atoms with Crippen molar-refractivity contribution in [3.63, 3.8) is 0 Å². The SMILES string of the molecule is CC(=O)O[C@H]1C=C[C@H](C)O[C@@H]1CO[Si](C)(C)C(C)(C)C. The monoisotopic (exact) mass is 300 g/mol. The molecule has 0 saturated carbocycles. The highest BCUT2D eigenvalue weighted by Crippen LogP contribution is 2.37. The van der Waals surface area contributed by atoms with Crippen LogP contribution in [0.15, 0.2) is 12.2 Å². The third-order valence-electron chi connectivity index (χ3n) is 4.04. The van der Waals surface area contributed by atoms with Gasteiger partial charge in [0.15, 0.2) is 8.32 Å². The summed E-state index contributed by atoms with van der Waals surface area (Å²) in [5, 5.41) is 0.153. The molecule has 5 heteroatoms. The first kappa shape index (κ1) is 17.4. The van der Waals surface area contributed by atoms with Crippen LogP contribution in [0.2, 0.25) is 18.1 Å². The fourth-order valence-electron chi connectivity index (χ4n) is 1.74. The number of carbonyl (C=O) groups is 1. The lowest BCUT2D eigenvalue weighted by atomic mass is 10.1. The minimum atomic E-state index is -1.83. The van der Waals surface area contributed by atoms with Crippen LogP contribution < -0.4 is 0 Å². The summed E-state index contributed by atoms with van der Waals surface area (Å²) < 4.78 is 17.3. The molecule has 1 rings (SSSR count). The first-order chi connectivity index (χ1) is 9.03. The molecule has 0 amide bonds. The average molecular weight is 300 g/mol. The fraction of sp³-hybridized carbons (Fsp3) is 0.800. The van der Waals surface area contributed by atoms with Gasteiger partial charge in [-0.15, -0.1) is 0 Å². The zero-order valence-corrected chi connectivity index (χ0v) is 14.7. The van der Waals surface area contributed by atoms with Crippen molar-refractivity contribution in [1.82, 2.24) is 0 Å². The predicted molar refractivity (Wildman–Crippen MR) is 82.2 cm³/mol. The van der Waals surface area contributed by atoms with E-state index in [-0.39, 0.29) is 29.3 Å². The summed E-state index contributed by atoms with van der Waals surface area (Å²) in [7, 11) is -1.83. The predicted octanol–water partition coefficient (Wildman–Crippen LogP) is 3.28. The van der Waals surface area contributed by atoms with Crippen molar-refractivity contribution in [3.8, 4) is 0 Å². The second kappa shape index (κ2) is 6.41. The summed E-state index contributed by atoms with van der Waals surface area (Å²) in [6, 6.07) is 0. The minimum absolute atomic E-state index is 0.0230. The molecule has 3 atom stereocenters. The summed E-state index contributed by atoms with van der Waals surface area (Å²) in [6.07, 6.45) is 3.25. The molecule has 1 aliphatic heterocycles. The Morgan fingerprint density at radius 2 is 1.90 bits per heavy atom. The van der Waals surface area contributed by atoms with Gasteiger partial charge in [-0.3, -0.25) is 4.79 Å². The van der Waals surface area contributed by atoms with E-state index in [0.29, 0.717) is 6.61 Å². The van der Waals surface area contributed by atoms with Crippen molar-refractivity contribution < 1.29 is 18.7 Å². The zero-order valence-electron chi connectivity index (χ0n) is 13.7. The van der Waals surface area contributed by atoms with E-state index in [2.05, 4.69) is 33.9 Å². The van der Waals surface area contributed by atoms with E-state index in [0.717, 1.165) is 0 Å². The van der Waals surface area contributed by atoms with E-state index in [1.165, 1.54) is 6.92 Å². The van der Waals surface area contributed by atoms with Crippen molar-refractivity contribution in [2.45, 2.75) is 71.1 Å². The van der Waals surface area contributed by atoms with E-state index in [1.54, 1.807) is 0 Å². The third kappa shape index (κ3) is 4.72. The molecule has 1 aliphatic rings. The largest absolute Gasteiger partial charge is 0.455 e. The lowest BCUT2D eigenvalue weighted by molar-refractivity contribution is -0.155. The summed E-state index contributed by atoms with van der Waals surface area (Å²) in [6.45, 7) is 14.9. The van der Waals surface area contributed by atoms with Gasteiger partial charge in [0.2, 0.25) is 0 Å². The molecule has 0 aromatic carbocycles. The third-order valence-corrected chi connectivity index (χ3v) is 8.55. The first-order valence-electron chi connectivity index (χ1n) is 7.18. The van der Waals surface area contributed by atoms with Gasteiger partial charge in [0.25, 0.3) is 0 Å². The molecule has 0 spiro atoms. The number of esters is 1. The molecule has 20 heavy (non-hydrogen) atoms. The molecule has 0 aromatic rings. The van der Waals surface area contributed by atoms with E-state index < -0.39 is 8.32 Å². The van der Waals surface area contributed by atoms with E-state index in [1.807, 2.05) is 19.1 Å². The number of ether oxygens (including phenoxy) is 2. The maximum Gasteiger partial charge on any atom is 0.303 e. The highest BCUT2D eigenvalue weighted by Gasteiger charge is 2.39. The van der Waals surface area contributed by atoms with Crippen molar-refractivity contribution in [3.05, 3.63) is 12.2 Å². The quantitative estimate of drug-likeness (QED) is 0.454. The van der Waals surface area contributed by atoms with Gasteiger partial charge >= 0.3 is 5.97 Å². The van der Waals surface area contributed by atoms with Gasteiger partial charge in [0, 0.05) is 6.92 Å². The minimum Gasteiger partial charge on any atom is -0.455 e. The molecule has 1 heterocycles. The lowest BCUT2D eigenvalue weighted by Gasteiger charge is -2.39. The van der Waals surface area contributed by atoms with Crippen LogP contribution in [0.1, 0.15) is 34.6 Å². The Balaban J connectivity index is 2.68. The van der Waals surface area contributed by atoms with Crippen LogP contribution in [-0.2, 0) is 18.7 Å². The molecular weight excluding hydrogens is 272 g/mol. The van der Waals surface area contributed by atoms with Gasteiger partial charge in [-0.1, -0.05) is 26.8 Å². The number of carbonyl (C=O) groups excluding carboxylic acids is 1. The normalized spacial score (nSPS) is 27.4. The van der Waals surface area contributed by atoms with Crippen LogP contribution in [0.3, 0.4) is 0 Å². The first-order valence-corrected chi connectivity index (χ1v) is 10.1. The maximum atomic E-state index is 11.2. The van der Waals surface area contributed by atoms with Crippen molar-refractivity contribution >= 4 is 14.3 Å². The average Bonchev–Trinajstić information content (AvgIpc) is 2.27. The van der Waals surface area contributed by atoms with E-state index in [9.17, 15) is 4.79 Å². The van der Waals surface area contributed by atoms with Crippen LogP contribution in [0, 0.1) is 0 Å². The fourth-order valence-corrected chi connectivity index (χ4v) is 2.75. The van der Waals surface area contributed by atoms with Crippen molar-refractivity contribution in [1.29, 1.82) is 0 Å². The Hall–Kier alpha value is -0.653. The van der Waals surface area contributed by atoms with Crippen LogP contribution in [-0.4, -0.2) is 39.2 Å². The van der Waals surface area contributed by atoms with Gasteiger partial charge in [-0.25, -0.2) is 0 Å². The molecular formula is C15H28O4Si.